The highest BCUT2D eigenvalue weighted by Crippen LogP contribution is 2.25. The van der Waals surface area contributed by atoms with Gasteiger partial charge < -0.3 is 13.3 Å². The summed E-state index contributed by atoms with van der Waals surface area (Å²) in [5.74, 6) is -3.74. The molecule has 0 fully saturated rings. The first-order valence-electron chi connectivity index (χ1n) is 9.21. The largest absolute Gasteiger partial charge is 0.501 e. The van der Waals surface area contributed by atoms with E-state index >= 15 is 0 Å². The third-order valence-electron chi connectivity index (χ3n) is 3.49. The number of hydrogen-bond donors (Lipinski definition) is 0. The first kappa shape index (κ1) is 23.1. The van der Waals surface area contributed by atoms with Crippen LogP contribution >= 0.6 is 0 Å². The van der Waals surface area contributed by atoms with Crippen LogP contribution in [-0.2, 0) is 19.7 Å². The lowest BCUT2D eigenvalue weighted by atomic mass is 10.1. The zero-order valence-electron chi connectivity index (χ0n) is 16.6. The van der Waals surface area contributed by atoms with E-state index in [9.17, 15) is 13.2 Å². The van der Waals surface area contributed by atoms with Crippen LogP contribution in [0.4, 0.5) is 13.2 Å². The van der Waals surface area contributed by atoms with Gasteiger partial charge in [0.15, 0.2) is 17.5 Å². The van der Waals surface area contributed by atoms with Gasteiger partial charge in [0.2, 0.25) is 0 Å². The molecule has 0 aliphatic heterocycles. The first-order chi connectivity index (χ1) is 12.0. The van der Waals surface area contributed by atoms with Crippen molar-refractivity contribution in [2.75, 3.05) is 0 Å². The molecule has 1 rings (SSSR count). The molecule has 1 aromatic carbocycles. The monoisotopic (exact) mass is 392 g/mol. The van der Waals surface area contributed by atoms with Crippen LogP contribution in [0.2, 0.25) is 6.04 Å². The Kier molecular flexibility index (Phi) is 9.30. The SMILES string of the molecule is CC(C)O[Si](CCCCc1cc(F)c(F)c(F)c1)(OC(C)C)OC(C)C. The Morgan fingerprint density at radius 3 is 1.58 bits per heavy atom. The van der Waals surface area contributed by atoms with Gasteiger partial charge in [0.25, 0.3) is 0 Å². The van der Waals surface area contributed by atoms with E-state index in [0.717, 1.165) is 18.6 Å². The van der Waals surface area contributed by atoms with Crippen LogP contribution in [0.5, 0.6) is 0 Å². The molecule has 0 bridgehead atoms. The van der Waals surface area contributed by atoms with E-state index < -0.39 is 26.3 Å². The lowest BCUT2D eigenvalue weighted by molar-refractivity contribution is 0.00281. The van der Waals surface area contributed by atoms with Crippen molar-refractivity contribution in [3.05, 3.63) is 35.1 Å². The van der Waals surface area contributed by atoms with Crippen molar-refractivity contribution >= 4 is 8.80 Å². The fourth-order valence-electron chi connectivity index (χ4n) is 2.76. The summed E-state index contributed by atoms with van der Waals surface area (Å²) in [6, 6.07) is 2.71. The Labute approximate surface area is 156 Å². The van der Waals surface area contributed by atoms with Crippen molar-refractivity contribution in [3.8, 4) is 0 Å². The van der Waals surface area contributed by atoms with Gasteiger partial charge in [-0.15, -0.1) is 0 Å². The topological polar surface area (TPSA) is 27.7 Å². The molecule has 26 heavy (non-hydrogen) atoms. The minimum atomic E-state index is -2.86. The third-order valence-corrected chi connectivity index (χ3v) is 6.95. The van der Waals surface area contributed by atoms with E-state index in [4.69, 9.17) is 13.3 Å². The highest BCUT2D eigenvalue weighted by molar-refractivity contribution is 6.60. The van der Waals surface area contributed by atoms with E-state index in [0.29, 0.717) is 24.4 Å². The quantitative estimate of drug-likeness (QED) is 0.277. The number of rotatable bonds is 11. The molecule has 7 heteroatoms. The summed E-state index contributed by atoms with van der Waals surface area (Å²) in [5.41, 5.74) is 0.438. The van der Waals surface area contributed by atoms with E-state index in [1.807, 2.05) is 41.5 Å². The molecule has 0 aliphatic carbocycles. The Morgan fingerprint density at radius 2 is 1.19 bits per heavy atom. The van der Waals surface area contributed by atoms with Crippen molar-refractivity contribution in [1.82, 2.24) is 0 Å². The molecule has 0 radical (unpaired) electrons. The summed E-state index contributed by atoms with van der Waals surface area (Å²) in [6.07, 6.45) is 1.75. The summed E-state index contributed by atoms with van der Waals surface area (Å²) in [4.78, 5) is 0. The van der Waals surface area contributed by atoms with Gasteiger partial charge in [-0.25, -0.2) is 13.2 Å². The highest BCUT2D eigenvalue weighted by atomic mass is 28.4. The average molecular weight is 393 g/mol. The molecule has 0 heterocycles. The van der Waals surface area contributed by atoms with Crippen LogP contribution in [-0.4, -0.2) is 27.1 Å². The smallest absolute Gasteiger partial charge is 0.371 e. The minimum Gasteiger partial charge on any atom is -0.371 e. The van der Waals surface area contributed by atoms with Gasteiger partial charge in [-0.1, -0.05) is 0 Å². The zero-order valence-corrected chi connectivity index (χ0v) is 17.6. The van der Waals surface area contributed by atoms with Crippen LogP contribution in [0.3, 0.4) is 0 Å². The van der Waals surface area contributed by atoms with Gasteiger partial charge in [0.05, 0.1) is 0 Å². The van der Waals surface area contributed by atoms with Gasteiger partial charge in [-0.05, 0) is 78.5 Å². The van der Waals surface area contributed by atoms with Crippen molar-refractivity contribution < 1.29 is 26.4 Å². The molecule has 0 atom stereocenters. The van der Waals surface area contributed by atoms with E-state index in [-0.39, 0.29) is 18.3 Å². The molecule has 1 aromatic rings. The average Bonchev–Trinajstić information content (AvgIpc) is 2.47. The standard InChI is InChI=1S/C19H31F3O3Si/c1-13(2)23-26(24-14(3)4,25-15(5)6)10-8-7-9-16-11-17(20)19(22)18(21)12-16/h11-15H,7-10H2,1-6H3. The summed E-state index contributed by atoms with van der Waals surface area (Å²) in [5, 5.41) is 0. The molecule has 0 N–H and O–H groups in total. The van der Waals surface area contributed by atoms with E-state index in [2.05, 4.69) is 0 Å². The fourth-order valence-corrected chi connectivity index (χ4v) is 6.12. The van der Waals surface area contributed by atoms with Crippen molar-refractivity contribution in [1.29, 1.82) is 0 Å². The molecule has 0 amide bonds. The number of unbranched alkanes of at least 4 members (excludes halogenated alkanes) is 1. The molecular weight excluding hydrogens is 361 g/mol. The summed E-state index contributed by atoms with van der Waals surface area (Å²) in [7, 11) is -2.86. The normalized spacial score (nSPS) is 12.6. The Balaban J connectivity index is 2.73. The number of halogens is 3. The maximum Gasteiger partial charge on any atom is 0.501 e. The molecule has 0 saturated heterocycles. The van der Waals surface area contributed by atoms with Gasteiger partial charge in [-0.3, -0.25) is 0 Å². The third kappa shape index (κ3) is 7.78. The fraction of sp³-hybridized carbons (Fsp3) is 0.684. The van der Waals surface area contributed by atoms with Crippen LogP contribution in [0, 0.1) is 17.5 Å². The Bertz CT molecular complexity index is 515. The predicted molar refractivity (Wildman–Crippen MR) is 98.5 cm³/mol. The van der Waals surface area contributed by atoms with Gasteiger partial charge >= 0.3 is 8.80 Å². The van der Waals surface area contributed by atoms with Crippen LogP contribution in [0.15, 0.2) is 12.1 Å². The van der Waals surface area contributed by atoms with Gasteiger partial charge in [-0.2, -0.15) is 0 Å². The van der Waals surface area contributed by atoms with Crippen LogP contribution < -0.4 is 0 Å². The molecule has 0 saturated carbocycles. The molecule has 3 nitrogen and oxygen atoms in total. The van der Waals surface area contributed by atoms with E-state index in [1.165, 1.54) is 0 Å². The second-order valence-electron chi connectivity index (χ2n) is 7.26. The van der Waals surface area contributed by atoms with Crippen LogP contribution in [0.25, 0.3) is 0 Å². The number of benzene rings is 1. The van der Waals surface area contributed by atoms with Crippen molar-refractivity contribution in [2.45, 2.75) is 85.2 Å². The maximum absolute atomic E-state index is 13.3. The summed E-state index contributed by atoms with van der Waals surface area (Å²) in [6.45, 7) is 11.7. The predicted octanol–water partition coefficient (Wildman–Crippen LogP) is 5.64. The lowest BCUT2D eigenvalue weighted by Crippen LogP contribution is -2.50. The molecular formula is C19H31F3O3Si. The van der Waals surface area contributed by atoms with Gasteiger partial charge in [0.1, 0.15) is 0 Å². The lowest BCUT2D eigenvalue weighted by Gasteiger charge is -2.34. The van der Waals surface area contributed by atoms with Crippen molar-refractivity contribution in [3.63, 3.8) is 0 Å². The Morgan fingerprint density at radius 1 is 0.769 bits per heavy atom. The summed E-state index contributed by atoms with van der Waals surface area (Å²) < 4.78 is 57.9. The second kappa shape index (κ2) is 10.4. The minimum absolute atomic E-state index is 0.0283. The summed E-state index contributed by atoms with van der Waals surface area (Å²) >= 11 is 0. The van der Waals surface area contributed by atoms with Gasteiger partial charge in [0, 0.05) is 24.4 Å². The molecule has 0 unspecified atom stereocenters. The molecule has 0 aromatic heterocycles. The highest BCUT2D eigenvalue weighted by Gasteiger charge is 2.43. The molecule has 0 spiro atoms. The first-order valence-corrected chi connectivity index (χ1v) is 11.1. The van der Waals surface area contributed by atoms with Crippen molar-refractivity contribution in [2.24, 2.45) is 0 Å². The zero-order chi connectivity index (χ0) is 19.9. The second-order valence-corrected chi connectivity index (χ2v) is 9.84. The molecule has 150 valence electrons. The number of hydrogen-bond acceptors (Lipinski definition) is 3. The number of aryl methyl sites for hydroxylation is 1. The molecule has 0 aliphatic rings. The van der Waals surface area contributed by atoms with E-state index in [1.54, 1.807) is 0 Å². The maximum atomic E-state index is 13.3. The van der Waals surface area contributed by atoms with Crippen LogP contribution in [0.1, 0.15) is 59.9 Å². The Hall–Kier alpha value is -0.893.